The molecule has 655 valence electrons. The van der Waals surface area contributed by atoms with Gasteiger partial charge in [0.15, 0.2) is 0 Å². The van der Waals surface area contributed by atoms with Crippen LogP contribution in [0, 0.1) is 30.3 Å². The predicted molar refractivity (Wildman–Crippen MR) is 468 cm³/mol. The molecule has 20 heteroatoms. The van der Waals surface area contributed by atoms with E-state index in [9.17, 15) is 0 Å². The first-order chi connectivity index (χ1) is 56.3. The summed E-state index contributed by atoms with van der Waals surface area (Å²) < 4.78 is 58.8. The average Bonchev–Trinajstić information content (AvgIpc) is 0.833. The molecule has 0 bridgehead atoms. The zero-order valence-corrected chi connectivity index (χ0v) is 84.0. The zero-order valence-electron chi connectivity index (χ0n) is 72.0. The van der Waals surface area contributed by atoms with Crippen molar-refractivity contribution >= 4 is 0 Å². The van der Waals surface area contributed by atoms with Crippen molar-refractivity contribution in [1.29, 1.82) is 0 Å². The molecule has 0 spiro atoms. The summed E-state index contributed by atoms with van der Waals surface area (Å²) in [6.07, 6.45) is 24.2. The van der Waals surface area contributed by atoms with E-state index in [1.54, 1.807) is 30.9 Å². The molecule has 0 N–H and O–H groups in total. The van der Waals surface area contributed by atoms with Crippen molar-refractivity contribution in [3.63, 3.8) is 0 Å². The van der Waals surface area contributed by atoms with Crippen LogP contribution in [0.4, 0.5) is 0 Å². The summed E-state index contributed by atoms with van der Waals surface area (Å²) in [5, 5.41) is 0. The molecule has 0 aliphatic heterocycles. The quantitative estimate of drug-likeness (QED) is 0.0273. The summed E-state index contributed by atoms with van der Waals surface area (Å²) in [6.45, 7) is 31.2. The second kappa shape index (κ2) is 59.3. The van der Waals surface area contributed by atoms with Crippen LogP contribution in [-0.2, 0) is 101 Å². The van der Waals surface area contributed by atoms with Gasteiger partial charge in [-0.3, -0.25) is 0 Å². The fourth-order valence-corrected chi connectivity index (χ4v) is 11.6. The number of aromatic nitrogens is 5. The number of para-hydroxylation sites is 2. The summed E-state index contributed by atoms with van der Waals surface area (Å²) in [4.78, 5) is 22.0. The van der Waals surface area contributed by atoms with E-state index in [2.05, 4.69) is 69.1 Å². The number of rotatable bonds is 35. The molecule has 0 aliphatic rings. The van der Waals surface area contributed by atoms with E-state index >= 15 is 0 Å². The third-order valence-corrected chi connectivity index (χ3v) is 16.7. The Morgan fingerprint density at radius 3 is 1.01 bits per heavy atom. The molecule has 7 aromatic carbocycles. The fourth-order valence-electron chi connectivity index (χ4n) is 11.6. The number of hydrogen-bond acceptors (Lipinski definition) is 15. The number of pyridine rings is 5. The van der Waals surface area contributed by atoms with Crippen LogP contribution in [-0.4, -0.2) is 74.8 Å². The second-order valence-corrected chi connectivity index (χ2v) is 29.6. The molecule has 0 fully saturated rings. The molecule has 5 heterocycles. The molecule has 5 radical (unpaired) electrons. The second-order valence-electron chi connectivity index (χ2n) is 29.6. The van der Waals surface area contributed by atoms with Gasteiger partial charge in [0, 0.05) is 189 Å². The Balaban J connectivity index is 0.000000391. The Bertz CT molecular complexity index is 4710. The van der Waals surface area contributed by atoms with E-state index in [0.29, 0.717) is 24.7 Å². The maximum Gasteiger partial charge on any atom is 0.114 e. The third kappa shape index (κ3) is 40.2. The van der Waals surface area contributed by atoms with Crippen molar-refractivity contribution in [3.05, 3.63) is 274 Å². The molecule has 5 aromatic heterocycles. The topological polar surface area (TPSA) is 157 Å². The Labute approximate surface area is 788 Å². The van der Waals surface area contributed by atoms with Gasteiger partial charge in [-0.1, -0.05) is 233 Å². The molecule has 12 rings (SSSR count). The van der Waals surface area contributed by atoms with Crippen LogP contribution in [0.25, 0.3) is 56.3 Å². The van der Waals surface area contributed by atoms with E-state index in [0.717, 1.165) is 140 Å². The van der Waals surface area contributed by atoms with E-state index in [-0.39, 0.29) is 124 Å². The molecule has 0 unspecified atom stereocenters. The summed E-state index contributed by atoms with van der Waals surface area (Å²) >= 11 is 0. The van der Waals surface area contributed by atoms with Crippen molar-refractivity contribution in [3.8, 4) is 125 Å². The maximum atomic E-state index is 6.16. The van der Waals surface area contributed by atoms with Gasteiger partial charge in [-0.15, -0.1) is 60.7 Å². The number of ether oxygens (including phenoxy) is 10. The first-order valence-electron chi connectivity index (χ1n) is 40.8. The summed E-state index contributed by atoms with van der Waals surface area (Å²) in [5.41, 5.74) is 7.91. The van der Waals surface area contributed by atoms with Crippen molar-refractivity contribution in [2.45, 2.75) is 197 Å². The van der Waals surface area contributed by atoms with Gasteiger partial charge in [0.1, 0.15) is 11.5 Å². The summed E-state index contributed by atoms with van der Waals surface area (Å²) in [5.74, 6) is 8.95. The SMILES string of the molecule is CC(C)(C)Oc1c[c-]c(-c2ccccn2)c(OC(C)(C)C)c1.CC(C)Oc1c[c-]c(-c2ccccn2)c(OC(C)C)c1.CCCCCCCCOc1c[c-]c(-c2ccccn2)c(OCCCCCCCC)c1.CCOc1c[c-]c(-c2ccccn2)c(OCC)c1.[Ir].[Ir].[Ir].[Ir].[Ir].[c-]1cc(Oc2ccccc2)cc(Oc2ccccc2)c1-c1ccccn1. The van der Waals surface area contributed by atoms with Gasteiger partial charge in [-0.2, -0.15) is 0 Å². The summed E-state index contributed by atoms with van der Waals surface area (Å²) in [7, 11) is 0. The van der Waals surface area contributed by atoms with Gasteiger partial charge in [0.2, 0.25) is 0 Å². The smallest absolute Gasteiger partial charge is 0.114 e. The molecule has 15 nitrogen and oxygen atoms in total. The minimum Gasteiger partial charge on any atom is -0.537 e. The molecule has 0 aliphatic carbocycles. The van der Waals surface area contributed by atoms with E-state index < -0.39 is 0 Å². The number of hydrogen-bond donors (Lipinski definition) is 0. The molecular weight excluding hydrogens is 2400 g/mol. The fraction of sp³-hybridized carbons (Fsp3) is 0.337. The maximum absolute atomic E-state index is 6.16. The van der Waals surface area contributed by atoms with E-state index in [4.69, 9.17) is 47.4 Å². The molecular formula is C101H116Ir5N5O10-5. The molecule has 0 saturated carbocycles. The monoisotopic (exact) mass is 2520 g/mol. The van der Waals surface area contributed by atoms with Crippen molar-refractivity contribution in [2.24, 2.45) is 0 Å². The number of nitrogens with zero attached hydrogens (tertiary/aromatic N) is 5. The normalized spacial score (nSPS) is 10.4. The average molecular weight is 2520 g/mol. The minimum atomic E-state index is -0.308. The molecule has 0 atom stereocenters. The van der Waals surface area contributed by atoms with Gasteiger partial charge >= 0.3 is 0 Å². The van der Waals surface area contributed by atoms with Crippen LogP contribution < -0.4 is 47.4 Å². The first-order valence-corrected chi connectivity index (χ1v) is 40.8. The van der Waals surface area contributed by atoms with Crippen LogP contribution in [0.1, 0.15) is 174 Å². The van der Waals surface area contributed by atoms with Gasteiger partial charge < -0.3 is 72.3 Å². The Morgan fingerprint density at radius 2 is 0.603 bits per heavy atom. The third-order valence-electron chi connectivity index (χ3n) is 16.7. The van der Waals surface area contributed by atoms with Crippen molar-refractivity contribution < 1.29 is 148 Å². The van der Waals surface area contributed by atoms with Gasteiger partial charge in [-0.05, 0) is 179 Å². The number of unbranched alkanes of at least 4 members (excludes halogenated alkanes) is 10. The largest absolute Gasteiger partial charge is 0.537 e. The standard InChI is InChI=1S/C27H40NO2.C23H16NO2.C19H24NO2.C17H20NO2.C15H16NO2.5Ir/c1-3-5-7-9-11-15-21-29-24-18-19-25(26-17-13-14-20-28-26)27(23-24)30-22-16-12-10-8-6-4-2;1-3-9-18(10-4-1)25-20-14-15-21(22-13-7-8-16-24-22)23(17-20)26-19-11-5-2-6-12-19;1-18(2,3)21-14-10-11-15(16-9-7-8-12-20-16)17(13-14)22-19(4,5)6;1-12(2)19-14-8-9-15(16-7-5-6-10-18-16)17(11-14)20-13(3)4;1-3-17-12-8-9-13(15(11-12)18-4-2)14-7-5-6-10-16-14;;;;;/h13-14,17-18,20,23H,3-12,15-16,21-22H2,1-2H3;1-14,16-17H;7-10,12-13H,1-6H3;5-8,10-13H,1-4H3;5-8,10-11H,3-4H2,1-2H3;;;;;/q5*-1;;;;;. The van der Waals surface area contributed by atoms with Gasteiger partial charge in [-0.25, -0.2) is 0 Å². The van der Waals surface area contributed by atoms with Crippen LogP contribution in [0.15, 0.2) is 243 Å². The van der Waals surface area contributed by atoms with E-state index in [1.807, 2.05) is 296 Å². The minimum absolute atomic E-state index is 0. The van der Waals surface area contributed by atoms with Gasteiger partial charge in [0.05, 0.1) is 49.8 Å². The number of benzene rings is 7. The molecule has 121 heavy (non-hydrogen) atoms. The Kier molecular flexibility index (Phi) is 52.3. The zero-order chi connectivity index (χ0) is 82.6. The first kappa shape index (κ1) is 107. The Hall–Kier alpha value is -8.46. The van der Waals surface area contributed by atoms with Gasteiger partial charge in [0.25, 0.3) is 0 Å². The van der Waals surface area contributed by atoms with Crippen molar-refractivity contribution in [2.75, 3.05) is 26.4 Å². The molecule has 0 saturated heterocycles. The molecule has 12 aromatic rings. The summed E-state index contributed by atoms with van der Waals surface area (Å²) in [6, 6.07) is 83.3. The van der Waals surface area contributed by atoms with Crippen LogP contribution in [0.5, 0.6) is 69.0 Å². The van der Waals surface area contributed by atoms with Crippen LogP contribution in [0.3, 0.4) is 0 Å². The molecule has 0 amide bonds. The predicted octanol–water partition coefficient (Wildman–Crippen LogP) is 26.5. The Morgan fingerprint density at radius 1 is 0.281 bits per heavy atom. The van der Waals surface area contributed by atoms with E-state index in [1.165, 1.54) is 64.2 Å². The van der Waals surface area contributed by atoms with Crippen molar-refractivity contribution in [1.82, 2.24) is 24.9 Å². The van der Waals surface area contributed by atoms with Crippen LogP contribution in [0.2, 0.25) is 0 Å². The van der Waals surface area contributed by atoms with Crippen LogP contribution >= 0.6 is 0 Å².